The predicted octanol–water partition coefficient (Wildman–Crippen LogP) is 0.972. The second-order valence-electron chi connectivity index (χ2n) is 3.55. The van der Waals surface area contributed by atoms with Gasteiger partial charge in [0.25, 0.3) is 5.70 Å². The monoisotopic (exact) mass is 285 g/mol. The van der Waals surface area contributed by atoms with Crippen molar-refractivity contribution in [3.63, 3.8) is 0 Å². The van der Waals surface area contributed by atoms with E-state index in [1.807, 2.05) is 0 Å². The fourth-order valence-electron chi connectivity index (χ4n) is 1.75. The molecule has 2 atom stereocenters. The van der Waals surface area contributed by atoms with E-state index >= 15 is 0 Å². The molecule has 1 heterocycles. The lowest BCUT2D eigenvalue weighted by molar-refractivity contribution is -0.430. The van der Waals surface area contributed by atoms with Gasteiger partial charge in [-0.05, 0) is 6.92 Å². The summed E-state index contributed by atoms with van der Waals surface area (Å²) in [4.78, 5) is 26.1. The molecule has 0 aromatic heterocycles. The van der Waals surface area contributed by atoms with E-state index < -0.39 is 16.9 Å². The van der Waals surface area contributed by atoms with E-state index in [0.717, 1.165) is 0 Å². The third kappa shape index (κ3) is 1.78. The van der Waals surface area contributed by atoms with Crippen molar-refractivity contribution in [1.29, 1.82) is 0 Å². The van der Waals surface area contributed by atoms with Crippen LogP contribution in [0.3, 0.4) is 0 Å². The van der Waals surface area contributed by atoms with Gasteiger partial charge >= 0.3 is 0 Å². The molecular weight excluding hydrogens is 278 g/mol. The minimum atomic E-state index is -0.718. The molecule has 0 saturated heterocycles. The van der Waals surface area contributed by atoms with E-state index in [1.54, 1.807) is 13.0 Å². The van der Waals surface area contributed by atoms with E-state index in [0.29, 0.717) is 10.3 Å². The van der Waals surface area contributed by atoms with Gasteiger partial charge in [0.2, 0.25) is 5.91 Å². The van der Waals surface area contributed by atoms with Crippen LogP contribution in [0.5, 0.6) is 0 Å². The van der Waals surface area contributed by atoms with Gasteiger partial charge < -0.3 is 5.32 Å². The molecule has 6 nitrogen and oxygen atoms in total. The first-order valence-corrected chi connectivity index (χ1v) is 5.37. The standard InChI is InChI=1S/C9H8BrN3O3/c1-4-11-8-6(9(14)12-4)2-5(10)3-7(8)13(15)16/h2-3,6,8H,1H3,(H,11,12,14). The average molecular weight is 286 g/mol. The maximum absolute atomic E-state index is 11.6. The number of carbonyl (C=O) groups excluding carboxylic acids is 1. The summed E-state index contributed by atoms with van der Waals surface area (Å²) < 4.78 is 0.533. The van der Waals surface area contributed by atoms with Crippen LogP contribution in [0.2, 0.25) is 0 Å². The molecule has 2 unspecified atom stereocenters. The Kier molecular flexibility index (Phi) is 2.63. The fraction of sp³-hybridized carbons (Fsp3) is 0.333. The van der Waals surface area contributed by atoms with Crippen molar-refractivity contribution in [3.05, 3.63) is 32.4 Å². The number of rotatable bonds is 1. The Morgan fingerprint density at radius 3 is 2.94 bits per heavy atom. The van der Waals surface area contributed by atoms with E-state index in [1.165, 1.54) is 6.08 Å². The summed E-state index contributed by atoms with van der Waals surface area (Å²) in [5.41, 5.74) is -0.0615. The number of nitro groups is 1. The van der Waals surface area contributed by atoms with Gasteiger partial charge in [-0.2, -0.15) is 0 Å². The van der Waals surface area contributed by atoms with Gasteiger partial charge in [0.1, 0.15) is 5.84 Å². The van der Waals surface area contributed by atoms with Gasteiger partial charge in [-0.15, -0.1) is 0 Å². The van der Waals surface area contributed by atoms with Crippen LogP contribution < -0.4 is 5.32 Å². The predicted molar refractivity (Wildman–Crippen MR) is 60.6 cm³/mol. The Bertz CT molecular complexity index is 467. The van der Waals surface area contributed by atoms with Crippen molar-refractivity contribution in [2.75, 3.05) is 0 Å². The van der Waals surface area contributed by atoms with Gasteiger partial charge in [0.05, 0.1) is 10.8 Å². The summed E-state index contributed by atoms with van der Waals surface area (Å²) in [6.45, 7) is 1.61. The number of hydrogen-bond donors (Lipinski definition) is 1. The van der Waals surface area contributed by atoms with Crippen molar-refractivity contribution in [2.45, 2.75) is 13.0 Å². The van der Waals surface area contributed by atoms with Crippen LogP contribution >= 0.6 is 15.9 Å². The minimum absolute atomic E-state index is 0.0615. The SMILES string of the molecule is CC1=NC2C([N+](=O)[O-])=CC(Br)=CC2C(=O)N1. The molecule has 0 fully saturated rings. The van der Waals surface area contributed by atoms with Crippen LogP contribution in [0, 0.1) is 16.0 Å². The molecule has 0 bridgehead atoms. The van der Waals surface area contributed by atoms with E-state index in [4.69, 9.17) is 0 Å². The molecule has 0 aromatic rings. The molecular formula is C9H8BrN3O3. The molecule has 0 radical (unpaired) electrons. The number of hydrogen-bond acceptors (Lipinski definition) is 4. The van der Waals surface area contributed by atoms with Crippen molar-refractivity contribution >= 4 is 27.7 Å². The van der Waals surface area contributed by atoms with Gasteiger partial charge in [0.15, 0.2) is 6.04 Å². The third-order valence-electron chi connectivity index (χ3n) is 2.42. The van der Waals surface area contributed by atoms with Crippen LogP contribution in [-0.2, 0) is 4.79 Å². The lowest BCUT2D eigenvalue weighted by Crippen LogP contribution is -2.46. The molecule has 0 spiro atoms. The van der Waals surface area contributed by atoms with Gasteiger partial charge in [-0.1, -0.05) is 22.0 Å². The minimum Gasteiger partial charge on any atom is -0.314 e. The van der Waals surface area contributed by atoms with Gasteiger partial charge in [0, 0.05) is 10.6 Å². The van der Waals surface area contributed by atoms with Crippen LogP contribution in [0.1, 0.15) is 6.92 Å². The lowest BCUT2D eigenvalue weighted by atomic mass is 9.91. The zero-order valence-electron chi connectivity index (χ0n) is 8.31. The molecule has 2 rings (SSSR count). The molecule has 0 saturated carbocycles. The maximum atomic E-state index is 11.6. The molecule has 1 N–H and O–H groups in total. The largest absolute Gasteiger partial charge is 0.314 e. The molecule has 84 valence electrons. The summed E-state index contributed by atoms with van der Waals surface area (Å²) >= 11 is 3.15. The van der Waals surface area contributed by atoms with Crippen molar-refractivity contribution in [2.24, 2.45) is 10.9 Å². The average Bonchev–Trinajstić information content (AvgIpc) is 2.18. The normalized spacial score (nSPS) is 28.4. The number of aliphatic imine (C=N–C) groups is 1. The second kappa shape index (κ2) is 3.82. The number of nitrogens with one attached hydrogen (secondary N) is 1. The van der Waals surface area contributed by atoms with E-state index in [2.05, 4.69) is 26.2 Å². The Morgan fingerprint density at radius 1 is 1.62 bits per heavy atom. The van der Waals surface area contributed by atoms with E-state index in [9.17, 15) is 14.9 Å². The summed E-state index contributed by atoms with van der Waals surface area (Å²) in [6, 6.07) is -0.718. The zero-order chi connectivity index (χ0) is 11.9. The lowest BCUT2D eigenvalue weighted by Gasteiger charge is -2.26. The van der Waals surface area contributed by atoms with Crippen molar-refractivity contribution in [1.82, 2.24) is 5.32 Å². The Balaban J connectivity index is 2.49. The smallest absolute Gasteiger partial charge is 0.272 e. The summed E-state index contributed by atoms with van der Waals surface area (Å²) in [7, 11) is 0. The van der Waals surface area contributed by atoms with Crippen LogP contribution in [0.25, 0.3) is 0 Å². The first-order valence-electron chi connectivity index (χ1n) is 4.57. The molecule has 7 heteroatoms. The Labute approximate surface area is 99.4 Å². The molecule has 0 aromatic carbocycles. The highest BCUT2D eigenvalue weighted by atomic mass is 79.9. The van der Waals surface area contributed by atoms with Crippen LogP contribution in [-0.4, -0.2) is 22.7 Å². The first-order chi connectivity index (χ1) is 7.49. The Morgan fingerprint density at radius 2 is 2.31 bits per heavy atom. The molecule has 1 aliphatic carbocycles. The number of amides is 1. The highest BCUT2D eigenvalue weighted by Crippen LogP contribution is 2.30. The molecule has 1 aliphatic heterocycles. The highest BCUT2D eigenvalue weighted by Gasteiger charge is 2.41. The maximum Gasteiger partial charge on any atom is 0.272 e. The number of halogens is 1. The number of fused-ring (bicyclic) bond motifs is 1. The van der Waals surface area contributed by atoms with Gasteiger partial charge in [-0.25, -0.2) is 0 Å². The summed E-state index contributed by atoms with van der Waals surface area (Å²) in [6.07, 6.45) is 3.01. The van der Waals surface area contributed by atoms with Crippen LogP contribution in [0.4, 0.5) is 0 Å². The van der Waals surface area contributed by atoms with Crippen LogP contribution in [0.15, 0.2) is 27.3 Å². The first kappa shape index (κ1) is 11.0. The number of amidine groups is 1. The zero-order valence-corrected chi connectivity index (χ0v) is 9.89. The van der Waals surface area contributed by atoms with Crippen molar-refractivity contribution < 1.29 is 9.72 Å². The highest BCUT2D eigenvalue weighted by molar-refractivity contribution is 9.11. The fourth-order valence-corrected chi connectivity index (χ4v) is 2.27. The number of allylic oxidation sites excluding steroid dienone is 2. The molecule has 1 amide bonds. The molecule has 2 aliphatic rings. The molecule has 16 heavy (non-hydrogen) atoms. The number of nitrogens with zero attached hydrogens (tertiary/aromatic N) is 2. The summed E-state index contributed by atoms with van der Waals surface area (Å²) in [5.74, 6) is -0.462. The third-order valence-corrected chi connectivity index (χ3v) is 2.91. The quantitative estimate of drug-likeness (QED) is 0.575. The van der Waals surface area contributed by atoms with E-state index in [-0.39, 0.29) is 11.6 Å². The summed E-state index contributed by atoms with van der Waals surface area (Å²) in [5, 5.41) is 13.4. The van der Waals surface area contributed by atoms with Gasteiger partial charge in [-0.3, -0.25) is 19.9 Å². The Hall–Kier alpha value is -1.50. The second-order valence-corrected chi connectivity index (χ2v) is 4.47. The van der Waals surface area contributed by atoms with Crippen molar-refractivity contribution in [3.8, 4) is 0 Å². The topological polar surface area (TPSA) is 84.6 Å². The number of carbonyl (C=O) groups is 1.